The summed E-state index contributed by atoms with van der Waals surface area (Å²) in [5.41, 5.74) is 4.53. The van der Waals surface area contributed by atoms with Crippen molar-refractivity contribution >= 4 is 28.9 Å². The number of Topliss-reactive ketones (excluding diaryl/α,β-unsaturated/α-hetero) is 1. The van der Waals surface area contributed by atoms with Crippen LogP contribution in [0, 0.1) is 13.8 Å². The van der Waals surface area contributed by atoms with Crippen molar-refractivity contribution in [1.82, 2.24) is 9.97 Å². The third kappa shape index (κ3) is 4.76. The molecule has 0 fully saturated rings. The Labute approximate surface area is 157 Å². The van der Waals surface area contributed by atoms with E-state index < -0.39 is 0 Å². The lowest BCUT2D eigenvalue weighted by Crippen LogP contribution is -2.14. The van der Waals surface area contributed by atoms with Gasteiger partial charge in [-0.25, -0.2) is 9.97 Å². The van der Waals surface area contributed by atoms with Crippen molar-refractivity contribution in [3.63, 3.8) is 0 Å². The van der Waals surface area contributed by atoms with Gasteiger partial charge in [-0.3, -0.25) is 9.59 Å². The monoisotopic (exact) mass is 360 g/mol. The summed E-state index contributed by atoms with van der Waals surface area (Å²) < 4.78 is 0. The molecule has 0 radical (unpaired) electrons. The third-order valence-electron chi connectivity index (χ3n) is 3.93. The van der Waals surface area contributed by atoms with Crippen molar-refractivity contribution in [2.24, 2.45) is 0 Å². The first-order valence-electron chi connectivity index (χ1n) is 8.50. The molecule has 3 aromatic rings. The van der Waals surface area contributed by atoms with E-state index in [9.17, 15) is 9.59 Å². The average molecular weight is 360 g/mol. The smallest absolute Gasteiger partial charge is 0.275 e. The topological polar surface area (TPSA) is 84.0 Å². The summed E-state index contributed by atoms with van der Waals surface area (Å²) in [7, 11) is 0. The molecule has 1 heterocycles. The van der Waals surface area contributed by atoms with Gasteiger partial charge in [0.1, 0.15) is 11.5 Å². The molecule has 0 saturated carbocycles. The Kier molecular flexibility index (Phi) is 5.26. The highest BCUT2D eigenvalue weighted by atomic mass is 16.2. The van der Waals surface area contributed by atoms with Crippen molar-refractivity contribution in [2.75, 3.05) is 10.6 Å². The van der Waals surface area contributed by atoms with Crippen molar-refractivity contribution < 1.29 is 9.59 Å². The van der Waals surface area contributed by atoms with Gasteiger partial charge in [0, 0.05) is 16.9 Å². The van der Waals surface area contributed by atoms with Crippen molar-refractivity contribution in [1.29, 1.82) is 0 Å². The maximum absolute atomic E-state index is 12.3. The number of benzene rings is 2. The van der Waals surface area contributed by atoms with E-state index in [1.807, 2.05) is 32.0 Å². The number of carbonyl (C=O) groups excluding carboxylic acids is 2. The summed E-state index contributed by atoms with van der Waals surface area (Å²) >= 11 is 0. The summed E-state index contributed by atoms with van der Waals surface area (Å²) in [5, 5.41) is 5.92. The number of rotatable bonds is 5. The zero-order valence-electron chi connectivity index (χ0n) is 15.4. The van der Waals surface area contributed by atoms with Crippen molar-refractivity contribution in [2.45, 2.75) is 20.8 Å². The highest BCUT2D eigenvalue weighted by Gasteiger charge is 2.09. The molecule has 0 aliphatic heterocycles. The Morgan fingerprint density at radius 3 is 2.07 bits per heavy atom. The minimum absolute atomic E-state index is 0.0144. The Morgan fingerprint density at radius 2 is 1.52 bits per heavy atom. The van der Waals surface area contributed by atoms with Crippen molar-refractivity contribution in [3.05, 3.63) is 77.2 Å². The highest BCUT2D eigenvalue weighted by Crippen LogP contribution is 2.16. The molecule has 0 aliphatic rings. The fourth-order valence-electron chi connectivity index (χ4n) is 2.69. The average Bonchev–Trinajstić information content (AvgIpc) is 2.62. The van der Waals surface area contributed by atoms with Crippen LogP contribution in [0.15, 0.2) is 54.9 Å². The molecule has 3 rings (SSSR count). The normalized spacial score (nSPS) is 10.3. The van der Waals surface area contributed by atoms with Crippen LogP contribution < -0.4 is 10.6 Å². The Morgan fingerprint density at radius 1 is 0.852 bits per heavy atom. The quantitative estimate of drug-likeness (QED) is 0.663. The van der Waals surface area contributed by atoms with Gasteiger partial charge in [0.2, 0.25) is 0 Å². The van der Waals surface area contributed by atoms with E-state index in [4.69, 9.17) is 0 Å². The number of hydrogen-bond acceptors (Lipinski definition) is 5. The molecule has 0 unspecified atom stereocenters. The van der Waals surface area contributed by atoms with Gasteiger partial charge < -0.3 is 10.6 Å². The van der Waals surface area contributed by atoms with Crippen molar-refractivity contribution in [3.8, 4) is 0 Å². The minimum atomic E-state index is -0.315. The molecule has 0 bridgehead atoms. The standard InChI is InChI=1S/C21H20N4O2/c1-13-8-14(2)10-18(9-13)25-21(27)19-11-23-20(12-22-19)24-17-6-4-16(5-7-17)15(3)26/h4-12H,1-3H3,(H,23,24)(H,25,27). The van der Waals surface area contributed by atoms with Gasteiger partial charge >= 0.3 is 0 Å². The van der Waals surface area contributed by atoms with E-state index in [-0.39, 0.29) is 17.4 Å². The van der Waals surface area contributed by atoms with Crippen LogP contribution in [0.2, 0.25) is 0 Å². The molecule has 1 amide bonds. The number of ketones is 1. The van der Waals surface area contributed by atoms with Gasteiger partial charge in [-0.15, -0.1) is 0 Å². The largest absolute Gasteiger partial charge is 0.339 e. The Balaban J connectivity index is 1.67. The molecule has 0 aliphatic carbocycles. The van der Waals surface area contributed by atoms with E-state index in [0.717, 1.165) is 22.5 Å². The van der Waals surface area contributed by atoms with E-state index in [1.54, 1.807) is 24.3 Å². The third-order valence-corrected chi connectivity index (χ3v) is 3.93. The molecule has 6 heteroatoms. The van der Waals surface area contributed by atoms with Gasteiger partial charge in [-0.1, -0.05) is 6.07 Å². The Hall–Kier alpha value is -3.54. The second-order valence-corrected chi connectivity index (χ2v) is 6.38. The van der Waals surface area contributed by atoms with E-state index >= 15 is 0 Å². The predicted molar refractivity (Wildman–Crippen MR) is 106 cm³/mol. The minimum Gasteiger partial charge on any atom is -0.339 e. The zero-order chi connectivity index (χ0) is 19.4. The fraction of sp³-hybridized carbons (Fsp3) is 0.143. The highest BCUT2D eigenvalue weighted by molar-refractivity contribution is 6.02. The Bertz CT molecular complexity index is 960. The lowest BCUT2D eigenvalue weighted by molar-refractivity contribution is 0.101. The summed E-state index contributed by atoms with van der Waals surface area (Å²) in [4.78, 5) is 32.0. The van der Waals surface area contributed by atoms with Gasteiger partial charge in [0.15, 0.2) is 5.78 Å². The van der Waals surface area contributed by atoms with Crippen LogP contribution in [0.25, 0.3) is 0 Å². The SMILES string of the molecule is CC(=O)c1ccc(Nc2cnc(C(=O)Nc3cc(C)cc(C)c3)cn2)cc1. The number of carbonyl (C=O) groups is 2. The molecule has 0 atom stereocenters. The van der Waals surface area contributed by atoms with Crippen LogP contribution in [0.1, 0.15) is 38.9 Å². The fourth-order valence-corrected chi connectivity index (χ4v) is 2.69. The van der Waals surface area contributed by atoms with Crippen LogP contribution in [-0.2, 0) is 0 Å². The summed E-state index contributed by atoms with van der Waals surface area (Å²) in [6.45, 7) is 5.48. The maximum Gasteiger partial charge on any atom is 0.275 e. The summed E-state index contributed by atoms with van der Waals surface area (Å²) in [6.07, 6.45) is 2.92. The van der Waals surface area contributed by atoms with Gasteiger partial charge in [-0.05, 0) is 68.3 Å². The van der Waals surface area contributed by atoms with E-state index in [0.29, 0.717) is 11.4 Å². The second kappa shape index (κ2) is 7.78. The molecular formula is C21H20N4O2. The predicted octanol–water partition coefficient (Wildman–Crippen LogP) is 4.29. The van der Waals surface area contributed by atoms with E-state index in [1.165, 1.54) is 19.3 Å². The summed E-state index contributed by atoms with van der Waals surface area (Å²) in [5.74, 6) is 0.207. The van der Waals surface area contributed by atoms with Crippen LogP contribution in [0.5, 0.6) is 0 Å². The number of nitrogens with zero attached hydrogens (tertiary/aromatic N) is 2. The zero-order valence-corrected chi connectivity index (χ0v) is 15.4. The number of aryl methyl sites for hydroxylation is 2. The first-order valence-corrected chi connectivity index (χ1v) is 8.50. The van der Waals surface area contributed by atoms with Crippen LogP contribution >= 0.6 is 0 Å². The maximum atomic E-state index is 12.3. The lowest BCUT2D eigenvalue weighted by atomic mass is 10.1. The number of anilines is 3. The molecule has 0 spiro atoms. The summed E-state index contributed by atoms with van der Waals surface area (Å²) in [6, 6.07) is 12.9. The van der Waals surface area contributed by atoms with Crippen LogP contribution in [0.3, 0.4) is 0 Å². The number of amides is 1. The van der Waals surface area contributed by atoms with Crippen LogP contribution in [0.4, 0.5) is 17.2 Å². The molecule has 27 heavy (non-hydrogen) atoms. The molecule has 2 N–H and O–H groups in total. The molecule has 2 aromatic carbocycles. The first kappa shape index (κ1) is 18.3. The van der Waals surface area contributed by atoms with Gasteiger partial charge in [0.05, 0.1) is 12.4 Å². The molecule has 136 valence electrons. The van der Waals surface area contributed by atoms with Crippen LogP contribution in [-0.4, -0.2) is 21.7 Å². The molecule has 1 aromatic heterocycles. The number of aromatic nitrogens is 2. The van der Waals surface area contributed by atoms with Gasteiger partial charge in [0.25, 0.3) is 5.91 Å². The second-order valence-electron chi connectivity index (χ2n) is 6.38. The number of nitrogens with one attached hydrogen (secondary N) is 2. The first-order chi connectivity index (χ1) is 12.9. The van der Waals surface area contributed by atoms with E-state index in [2.05, 4.69) is 20.6 Å². The molecule has 6 nitrogen and oxygen atoms in total. The molecular weight excluding hydrogens is 340 g/mol. The van der Waals surface area contributed by atoms with Gasteiger partial charge in [-0.2, -0.15) is 0 Å². The number of hydrogen-bond donors (Lipinski definition) is 2. The lowest BCUT2D eigenvalue weighted by Gasteiger charge is -2.08. The molecule has 0 saturated heterocycles.